The first kappa shape index (κ1) is 16.3. The van der Waals surface area contributed by atoms with E-state index in [2.05, 4.69) is 10.0 Å². The Balaban J connectivity index is 2.25. The molecule has 0 amide bonds. The molecule has 2 rings (SSSR count). The summed E-state index contributed by atoms with van der Waals surface area (Å²) in [6.07, 6.45) is 3.23. The minimum Gasteiger partial charge on any atom is -0.379 e. The fourth-order valence-electron chi connectivity index (χ4n) is 2.77. The van der Waals surface area contributed by atoms with Crippen molar-refractivity contribution in [1.29, 1.82) is 0 Å². The number of hydrogen-bond donors (Lipinski definition) is 2. The van der Waals surface area contributed by atoms with Gasteiger partial charge in [-0.25, -0.2) is 13.1 Å². The summed E-state index contributed by atoms with van der Waals surface area (Å²) in [5.74, 6) is 0. The molecule has 0 radical (unpaired) electrons. The second-order valence-corrected chi connectivity index (χ2v) is 7.41. The van der Waals surface area contributed by atoms with E-state index in [-0.39, 0.29) is 18.2 Å². The van der Waals surface area contributed by atoms with Gasteiger partial charge in [-0.1, -0.05) is 12.1 Å². The number of methoxy groups -OCH3 is 1. The van der Waals surface area contributed by atoms with Crippen LogP contribution in [-0.4, -0.2) is 33.7 Å². The SMILES string of the molecule is COC1CCCC1Nc1ccccc1S(=O)(=O)NC(C)C. The molecule has 1 aromatic rings. The molecule has 118 valence electrons. The maximum atomic E-state index is 12.4. The molecule has 0 bridgehead atoms. The van der Waals surface area contributed by atoms with Crippen LogP contribution in [0.15, 0.2) is 29.2 Å². The molecule has 1 fully saturated rings. The highest BCUT2D eigenvalue weighted by atomic mass is 32.2. The molecule has 2 N–H and O–H groups in total. The first-order chi connectivity index (χ1) is 9.94. The van der Waals surface area contributed by atoms with Crippen LogP contribution in [0.2, 0.25) is 0 Å². The van der Waals surface area contributed by atoms with Crippen LogP contribution in [0, 0.1) is 0 Å². The van der Waals surface area contributed by atoms with Gasteiger partial charge in [0.2, 0.25) is 10.0 Å². The van der Waals surface area contributed by atoms with Crippen LogP contribution >= 0.6 is 0 Å². The quantitative estimate of drug-likeness (QED) is 0.846. The third kappa shape index (κ3) is 3.96. The second-order valence-electron chi connectivity index (χ2n) is 5.73. The van der Waals surface area contributed by atoms with Crippen LogP contribution in [0.3, 0.4) is 0 Å². The minimum absolute atomic E-state index is 0.138. The Morgan fingerprint density at radius 3 is 2.62 bits per heavy atom. The summed E-state index contributed by atoms with van der Waals surface area (Å²) in [4.78, 5) is 0.292. The maximum Gasteiger partial charge on any atom is 0.242 e. The van der Waals surface area contributed by atoms with Gasteiger partial charge in [0, 0.05) is 13.2 Å². The molecular weight excluding hydrogens is 288 g/mol. The summed E-state index contributed by atoms with van der Waals surface area (Å²) in [7, 11) is -1.81. The molecule has 1 saturated carbocycles. The van der Waals surface area contributed by atoms with E-state index in [0.29, 0.717) is 10.6 Å². The van der Waals surface area contributed by atoms with Crippen molar-refractivity contribution in [3.05, 3.63) is 24.3 Å². The highest BCUT2D eigenvalue weighted by molar-refractivity contribution is 7.89. The van der Waals surface area contributed by atoms with Crippen molar-refractivity contribution < 1.29 is 13.2 Å². The van der Waals surface area contributed by atoms with Gasteiger partial charge in [0.1, 0.15) is 4.90 Å². The lowest BCUT2D eigenvalue weighted by molar-refractivity contribution is 0.101. The average Bonchev–Trinajstić information content (AvgIpc) is 2.85. The molecular formula is C15H24N2O3S. The predicted molar refractivity (Wildman–Crippen MR) is 84.0 cm³/mol. The molecule has 0 spiro atoms. The molecule has 6 heteroatoms. The Morgan fingerprint density at radius 1 is 1.24 bits per heavy atom. The van der Waals surface area contributed by atoms with Crippen LogP contribution in [-0.2, 0) is 14.8 Å². The zero-order valence-corrected chi connectivity index (χ0v) is 13.6. The van der Waals surface area contributed by atoms with Crippen LogP contribution in [0.25, 0.3) is 0 Å². The number of benzene rings is 1. The van der Waals surface area contributed by atoms with Gasteiger partial charge in [0.25, 0.3) is 0 Å². The minimum atomic E-state index is -3.51. The van der Waals surface area contributed by atoms with Crippen molar-refractivity contribution in [1.82, 2.24) is 4.72 Å². The summed E-state index contributed by atoms with van der Waals surface area (Å²) < 4.78 is 32.9. The number of sulfonamides is 1. The number of rotatable bonds is 6. The third-order valence-electron chi connectivity index (χ3n) is 3.66. The molecule has 21 heavy (non-hydrogen) atoms. The van der Waals surface area contributed by atoms with Crippen molar-refractivity contribution in [3.63, 3.8) is 0 Å². The maximum absolute atomic E-state index is 12.4. The Hall–Kier alpha value is -1.11. The molecule has 1 aromatic carbocycles. The zero-order chi connectivity index (χ0) is 15.5. The number of ether oxygens (including phenoxy) is 1. The van der Waals surface area contributed by atoms with E-state index >= 15 is 0 Å². The van der Waals surface area contributed by atoms with Gasteiger partial charge in [0.05, 0.1) is 17.8 Å². The van der Waals surface area contributed by atoms with Gasteiger partial charge in [-0.15, -0.1) is 0 Å². The van der Waals surface area contributed by atoms with E-state index in [0.717, 1.165) is 19.3 Å². The zero-order valence-electron chi connectivity index (χ0n) is 12.8. The van der Waals surface area contributed by atoms with Crippen molar-refractivity contribution in [2.75, 3.05) is 12.4 Å². The number of anilines is 1. The normalized spacial score (nSPS) is 22.7. The smallest absolute Gasteiger partial charge is 0.242 e. The number of nitrogens with one attached hydrogen (secondary N) is 2. The van der Waals surface area contributed by atoms with Crippen molar-refractivity contribution >= 4 is 15.7 Å². The first-order valence-electron chi connectivity index (χ1n) is 7.34. The second kappa shape index (κ2) is 6.77. The van der Waals surface area contributed by atoms with E-state index in [9.17, 15) is 8.42 Å². The number of para-hydroxylation sites is 1. The third-order valence-corrected chi connectivity index (χ3v) is 5.38. The molecule has 1 aliphatic carbocycles. The fourth-order valence-corrected chi connectivity index (χ4v) is 4.19. The van der Waals surface area contributed by atoms with Crippen LogP contribution in [0.1, 0.15) is 33.1 Å². The highest BCUT2D eigenvalue weighted by Crippen LogP contribution is 2.28. The standard InChI is InChI=1S/C15H24N2O3S/c1-11(2)17-21(18,19)15-10-5-4-7-13(15)16-12-8-6-9-14(12)20-3/h4-5,7,10-12,14,16-17H,6,8-9H2,1-3H3. The van der Waals surface area contributed by atoms with Gasteiger partial charge in [-0.05, 0) is 45.2 Å². The van der Waals surface area contributed by atoms with E-state index in [1.807, 2.05) is 19.9 Å². The van der Waals surface area contributed by atoms with Gasteiger partial charge < -0.3 is 10.1 Å². The van der Waals surface area contributed by atoms with Crippen molar-refractivity contribution in [2.24, 2.45) is 0 Å². The molecule has 0 aromatic heterocycles. The van der Waals surface area contributed by atoms with Gasteiger partial charge in [-0.3, -0.25) is 0 Å². The van der Waals surface area contributed by atoms with Crippen molar-refractivity contribution in [2.45, 2.75) is 56.2 Å². The van der Waals surface area contributed by atoms with E-state index in [4.69, 9.17) is 4.74 Å². The van der Waals surface area contributed by atoms with Gasteiger partial charge >= 0.3 is 0 Å². The molecule has 2 unspecified atom stereocenters. The largest absolute Gasteiger partial charge is 0.379 e. The van der Waals surface area contributed by atoms with Gasteiger partial charge in [0.15, 0.2) is 0 Å². The summed E-state index contributed by atoms with van der Waals surface area (Å²) in [6.45, 7) is 3.62. The van der Waals surface area contributed by atoms with Gasteiger partial charge in [-0.2, -0.15) is 0 Å². The molecule has 0 aliphatic heterocycles. The Bertz CT molecular complexity index is 572. The lowest BCUT2D eigenvalue weighted by Gasteiger charge is -2.22. The average molecular weight is 312 g/mol. The Morgan fingerprint density at radius 2 is 1.95 bits per heavy atom. The Kier molecular flexibility index (Phi) is 5.24. The van der Waals surface area contributed by atoms with E-state index in [1.165, 1.54) is 0 Å². The van der Waals surface area contributed by atoms with E-state index < -0.39 is 10.0 Å². The molecule has 0 heterocycles. The lowest BCUT2D eigenvalue weighted by atomic mass is 10.2. The molecule has 1 aliphatic rings. The monoisotopic (exact) mass is 312 g/mol. The van der Waals surface area contributed by atoms with Crippen LogP contribution in [0.5, 0.6) is 0 Å². The van der Waals surface area contributed by atoms with Crippen LogP contribution < -0.4 is 10.0 Å². The first-order valence-corrected chi connectivity index (χ1v) is 8.83. The summed E-state index contributed by atoms with van der Waals surface area (Å²) in [5, 5.41) is 3.35. The summed E-state index contributed by atoms with van der Waals surface area (Å²) in [6, 6.07) is 7.03. The summed E-state index contributed by atoms with van der Waals surface area (Å²) in [5.41, 5.74) is 0.639. The highest BCUT2D eigenvalue weighted by Gasteiger charge is 2.28. The molecule has 0 saturated heterocycles. The topological polar surface area (TPSA) is 67.4 Å². The summed E-state index contributed by atoms with van der Waals surface area (Å²) >= 11 is 0. The molecule has 5 nitrogen and oxygen atoms in total. The predicted octanol–water partition coefficient (Wildman–Crippen LogP) is 2.35. The van der Waals surface area contributed by atoms with Crippen LogP contribution in [0.4, 0.5) is 5.69 Å². The van der Waals surface area contributed by atoms with E-state index in [1.54, 1.807) is 25.3 Å². The molecule has 2 atom stereocenters. The van der Waals surface area contributed by atoms with Crippen molar-refractivity contribution in [3.8, 4) is 0 Å². The number of hydrogen-bond acceptors (Lipinski definition) is 4. The Labute approximate surface area is 127 Å². The fraction of sp³-hybridized carbons (Fsp3) is 0.600. The lowest BCUT2D eigenvalue weighted by Crippen LogP contribution is -2.33.